The molecule has 112 valence electrons. The number of benzene rings is 1. The molecular weight excluding hydrogens is 266 g/mol. The first-order chi connectivity index (χ1) is 10.2. The first-order valence-electron chi connectivity index (χ1n) is 7.52. The van der Waals surface area contributed by atoms with E-state index in [-0.39, 0.29) is 12.2 Å². The molecule has 2 heterocycles. The molecule has 0 saturated carbocycles. The normalized spacial score (nSPS) is 20.0. The van der Waals surface area contributed by atoms with Crippen molar-refractivity contribution in [3.05, 3.63) is 45.8 Å². The second-order valence-corrected chi connectivity index (χ2v) is 6.02. The Morgan fingerprint density at radius 3 is 3.05 bits per heavy atom. The molecule has 3 rings (SSSR count). The monoisotopic (exact) mass is 287 g/mol. The van der Waals surface area contributed by atoms with E-state index in [1.165, 1.54) is 0 Å². The minimum Gasteiger partial charge on any atom is -0.423 e. The van der Waals surface area contributed by atoms with Crippen LogP contribution < -0.4 is 5.63 Å². The Labute approximate surface area is 124 Å². The van der Waals surface area contributed by atoms with Crippen molar-refractivity contribution < 1.29 is 9.52 Å². The summed E-state index contributed by atoms with van der Waals surface area (Å²) >= 11 is 0. The van der Waals surface area contributed by atoms with Gasteiger partial charge in [-0.05, 0) is 49.4 Å². The molecule has 1 aromatic heterocycles. The molecule has 1 N–H and O–H groups in total. The van der Waals surface area contributed by atoms with Crippen LogP contribution in [-0.2, 0) is 6.54 Å². The van der Waals surface area contributed by atoms with Crippen LogP contribution in [0.4, 0.5) is 0 Å². The van der Waals surface area contributed by atoms with E-state index in [1.807, 2.05) is 25.1 Å². The van der Waals surface area contributed by atoms with E-state index in [0.717, 1.165) is 49.0 Å². The molecule has 0 spiro atoms. The number of hydrogen-bond acceptors (Lipinski definition) is 4. The number of aliphatic hydroxyl groups is 1. The maximum atomic E-state index is 11.8. The zero-order chi connectivity index (χ0) is 14.8. The van der Waals surface area contributed by atoms with Crippen LogP contribution in [0.2, 0.25) is 0 Å². The average Bonchev–Trinajstić information content (AvgIpc) is 2.46. The Kier molecular flexibility index (Phi) is 4.08. The standard InChI is InChI=1S/C17H21NO3/c1-12-4-5-15-14(8-17(20)21-16(15)7-12)10-18-6-2-3-13(9-18)11-19/h4-5,7-8,13,19H,2-3,6,9-11H2,1H3. The third-order valence-electron chi connectivity index (χ3n) is 4.24. The number of likely N-dealkylation sites (tertiary alicyclic amines) is 1. The van der Waals surface area contributed by atoms with Gasteiger partial charge in [-0.2, -0.15) is 0 Å². The highest BCUT2D eigenvalue weighted by atomic mass is 16.4. The first-order valence-corrected chi connectivity index (χ1v) is 7.52. The van der Waals surface area contributed by atoms with Crippen LogP contribution in [0.5, 0.6) is 0 Å². The van der Waals surface area contributed by atoms with Crippen LogP contribution in [0.15, 0.2) is 33.5 Å². The van der Waals surface area contributed by atoms with E-state index < -0.39 is 0 Å². The summed E-state index contributed by atoms with van der Waals surface area (Å²) in [5.41, 5.74) is 2.47. The van der Waals surface area contributed by atoms with Crippen molar-refractivity contribution in [3.8, 4) is 0 Å². The van der Waals surface area contributed by atoms with Crippen molar-refractivity contribution in [1.82, 2.24) is 4.90 Å². The molecule has 0 radical (unpaired) electrons. The summed E-state index contributed by atoms with van der Waals surface area (Å²) in [6.45, 7) is 4.88. The average molecular weight is 287 g/mol. The van der Waals surface area contributed by atoms with Crippen molar-refractivity contribution in [2.45, 2.75) is 26.3 Å². The lowest BCUT2D eigenvalue weighted by atomic mass is 9.98. The van der Waals surface area contributed by atoms with Gasteiger partial charge in [-0.25, -0.2) is 4.79 Å². The fourth-order valence-electron chi connectivity index (χ4n) is 3.15. The van der Waals surface area contributed by atoms with E-state index >= 15 is 0 Å². The smallest absolute Gasteiger partial charge is 0.336 e. The molecule has 2 aromatic rings. The Hall–Kier alpha value is -1.65. The van der Waals surface area contributed by atoms with Crippen LogP contribution >= 0.6 is 0 Å². The molecule has 0 amide bonds. The van der Waals surface area contributed by atoms with Gasteiger partial charge in [0.1, 0.15) is 5.58 Å². The van der Waals surface area contributed by atoms with Gasteiger partial charge in [-0.15, -0.1) is 0 Å². The summed E-state index contributed by atoms with van der Waals surface area (Å²) in [4.78, 5) is 14.1. The zero-order valence-corrected chi connectivity index (χ0v) is 12.3. The molecule has 21 heavy (non-hydrogen) atoms. The first kappa shape index (κ1) is 14.3. The van der Waals surface area contributed by atoms with Gasteiger partial charge in [-0.3, -0.25) is 4.90 Å². The van der Waals surface area contributed by atoms with Crippen molar-refractivity contribution in [2.24, 2.45) is 5.92 Å². The number of nitrogens with zero attached hydrogens (tertiary/aromatic N) is 1. The van der Waals surface area contributed by atoms with Crippen LogP contribution in [0, 0.1) is 12.8 Å². The SMILES string of the molecule is Cc1ccc2c(CN3CCCC(CO)C3)cc(=O)oc2c1. The quantitative estimate of drug-likeness (QED) is 0.880. The largest absolute Gasteiger partial charge is 0.423 e. The fraction of sp³-hybridized carbons (Fsp3) is 0.471. The van der Waals surface area contributed by atoms with E-state index in [2.05, 4.69) is 4.90 Å². The molecule has 1 saturated heterocycles. The molecule has 1 aliphatic rings. The van der Waals surface area contributed by atoms with E-state index in [0.29, 0.717) is 11.5 Å². The van der Waals surface area contributed by atoms with Gasteiger partial charge in [0.15, 0.2) is 0 Å². The van der Waals surface area contributed by atoms with Gasteiger partial charge in [0.25, 0.3) is 0 Å². The number of aliphatic hydroxyl groups excluding tert-OH is 1. The van der Waals surface area contributed by atoms with Gasteiger partial charge in [0.2, 0.25) is 0 Å². The maximum absolute atomic E-state index is 11.8. The second-order valence-electron chi connectivity index (χ2n) is 6.02. The third kappa shape index (κ3) is 3.17. The highest BCUT2D eigenvalue weighted by Crippen LogP contribution is 2.22. The summed E-state index contributed by atoms with van der Waals surface area (Å²) in [5.74, 6) is 0.354. The summed E-state index contributed by atoms with van der Waals surface area (Å²) in [6.07, 6.45) is 2.19. The van der Waals surface area contributed by atoms with Crippen LogP contribution in [0.25, 0.3) is 11.0 Å². The molecule has 1 aliphatic heterocycles. The minimum atomic E-state index is -0.293. The van der Waals surface area contributed by atoms with Gasteiger partial charge in [0.05, 0.1) is 0 Å². The Morgan fingerprint density at radius 1 is 1.38 bits per heavy atom. The summed E-state index contributed by atoms with van der Waals surface area (Å²) in [7, 11) is 0. The fourth-order valence-corrected chi connectivity index (χ4v) is 3.15. The Bertz CT molecular complexity index is 692. The van der Waals surface area contributed by atoms with Crippen LogP contribution in [0.3, 0.4) is 0 Å². The number of piperidine rings is 1. The van der Waals surface area contributed by atoms with Gasteiger partial charge >= 0.3 is 5.63 Å². The Morgan fingerprint density at radius 2 is 2.24 bits per heavy atom. The molecule has 1 atom stereocenters. The predicted molar refractivity (Wildman–Crippen MR) is 82.3 cm³/mol. The molecular formula is C17H21NO3. The van der Waals surface area contributed by atoms with Crippen molar-refractivity contribution in [3.63, 3.8) is 0 Å². The second kappa shape index (κ2) is 6.00. The van der Waals surface area contributed by atoms with Crippen molar-refractivity contribution in [2.75, 3.05) is 19.7 Å². The molecule has 1 unspecified atom stereocenters. The zero-order valence-electron chi connectivity index (χ0n) is 12.3. The minimum absolute atomic E-state index is 0.243. The summed E-state index contributed by atoms with van der Waals surface area (Å²) in [6, 6.07) is 7.57. The molecule has 0 aliphatic carbocycles. The lowest BCUT2D eigenvalue weighted by Crippen LogP contribution is -2.36. The molecule has 0 bridgehead atoms. The maximum Gasteiger partial charge on any atom is 0.336 e. The van der Waals surface area contributed by atoms with Gasteiger partial charge in [0, 0.05) is 31.1 Å². The van der Waals surface area contributed by atoms with E-state index in [1.54, 1.807) is 6.07 Å². The van der Waals surface area contributed by atoms with Crippen LogP contribution in [0.1, 0.15) is 24.0 Å². The van der Waals surface area contributed by atoms with E-state index in [4.69, 9.17) is 4.42 Å². The molecule has 1 aromatic carbocycles. The Balaban J connectivity index is 1.91. The topological polar surface area (TPSA) is 53.7 Å². The lowest BCUT2D eigenvalue weighted by Gasteiger charge is -2.31. The highest BCUT2D eigenvalue weighted by molar-refractivity contribution is 5.80. The number of rotatable bonds is 3. The molecule has 4 heteroatoms. The van der Waals surface area contributed by atoms with E-state index in [9.17, 15) is 9.90 Å². The van der Waals surface area contributed by atoms with Crippen molar-refractivity contribution in [1.29, 1.82) is 0 Å². The number of fused-ring (bicyclic) bond motifs is 1. The third-order valence-corrected chi connectivity index (χ3v) is 4.24. The predicted octanol–water partition coefficient (Wildman–Crippen LogP) is 2.31. The number of aryl methyl sites for hydroxylation is 1. The lowest BCUT2D eigenvalue weighted by molar-refractivity contribution is 0.116. The summed E-state index contributed by atoms with van der Waals surface area (Å²) in [5, 5.41) is 10.3. The number of hydrogen-bond donors (Lipinski definition) is 1. The van der Waals surface area contributed by atoms with Crippen molar-refractivity contribution >= 4 is 11.0 Å². The molecule has 4 nitrogen and oxygen atoms in total. The van der Waals surface area contributed by atoms with Gasteiger partial charge in [-0.1, -0.05) is 12.1 Å². The van der Waals surface area contributed by atoms with Crippen LogP contribution in [-0.4, -0.2) is 29.7 Å². The molecule has 1 fully saturated rings. The summed E-state index contributed by atoms with van der Waals surface area (Å²) < 4.78 is 5.30. The highest BCUT2D eigenvalue weighted by Gasteiger charge is 2.20. The van der Waals surface area contributed by atoms with Gasteiger partial charge < -0.3 is 9.52 Å².